The quantitative estimate of drug-likeness (QED) is 0.178. The summed E-state index contributed by atoms with van der Waals surface area (Å²) in [6.45, 7) is 1.66. The SMILES string of the molecule is CSc1ncnn2c(C3OC(COCc4ccccc4)C(OCc4ccccc4)C3OCc3ccccc3)cnc12. The lowest BCUT2D eigenvalue weighted by Crippen LogP contribution is -2.38. The molecule has 210 valence electrons. The zero-order valence-corrected chi connectivity index (χ0v) is 23.6. The van der Waals surface area contributed by atoms with E-state index < -0.39 is 18.3 Å². The van der Waals surface area contributed by atoms with E-state index in [0.717, 1.165) is 27.4 Å². The molecule has 8 nitrogen and oxygen atoms in total. The molecule has 6 rings (SSSR count). The van der Waals surface area contributed by atoms with Gasteiger partial charge in [0.1, 0.15) is 35.8 Å². The Balaban J connectivity index is 1.30. The summed E-state index contributed by atoms with van der Waals surface area (Å²) in [6, 6.07) is 30.4. The summed E-state index contributed by atoms with van der Waals surface area (Å²) >= 11 is 1.53. The lowest BCUT2D eigenvalue weighted by atomic mass is 10.0. The molecule has 3 aromatic carbocycles. The van der Waals surface area contributed by atoms with Crippen molar-refractivity contribution in [1.29, 1.82) is 0 Å². The number of fused-ring (bicyclic) bond motifs is 1. The van der Waals surface area contributed by atoms with Crippen LogP contribution in [0.5, 0.6) is 0 Å². The summed E-state index contributed by atoms with van der Waals surface area (Å²) in [6.07, 6.45) is 3.63. The Labute approximate surface area is 243 Å². The highest BCUT2D eigenvalue weighted by Gasteiger charge is 2.48. The van der Waals surface area contributed by atoms with E-state index >= 15 is 0 Å². The minimum Gasteiger partial charge on any atom is -0.374 e. The fraction of sp³-hybridized carbons (Fsp3) is 0.281. The van der Waals surface area contributed by atoms with Gasteiger partial charge >= 0.3 is 0 Å². The second-order valence-electron chi connectivity index (χ2n) is 9.81. The lowest BCUT2D eigenvalue weighted by molar-refractivity contribution is -0.0898. The molecule has 0 aliphatic carbocycles. The fourth-order valence-corrected chi connectivity index (χ4v) is 5.51. The van der Waals surface area contributed by atoms with Crippen LogP contribution in [0.15, 0.2) is 109 Å². The largest absolute Gasteiger partial charge is 0.374 e. The Morgan fingerprint density at radius 3 is 1.95 bits per heavy atom. The summed E-state index contributed by atoms with van der Waals surface area (Å²) in [7, 11) is 0. The first-order chi connectivity index (χ1) is 20.3. The van der Waals surface area contributed by atoms with Crippen LogP contribution in [0.1, 0.15) is 28.5 Å². The molecule has 5 aromatic rings. The highest BCUT2D eigenvalue weighted by atomic mass is 32.2. The molecule has 1 aliphatic heterocycles. The van der Waals surface area contributed by atoms with Crippen molar-refractivity contribution < 1.29 is 18.9 Å². The summed E-state index contributed by atoms with van der Waals surface area (Å²) in [5, 5.41) is 5.31. The predicted octanol–water partition coefficient (Wildman–Crippen LogP) is 5.67. The Morgan fingerprint density at radius 1 is 0.756 bits per heavy atom. The molecule has 0 saturated carbocycles. The number of benzene rings is 3. The molecule has 3 heterocycles. The average molecular weight is 569 g/mol. The van der Waals surface area contributed by atoms with E-state index in [0.29, 0.717) is 32.1 Å². The van der Waals surface area contributed by atoms with Gasteiger partial charge in [-0.3, -0.25) is 0 Å². The first kappa shape index (κ1) is 27.6. The van der Waals surface area contributed by atoms with Crippen molar-refractivity contribution in [3.05, 3.63) is 126 Å². The normalized spacial score (nSPS) is 20.5. The van der Waals surface area contributed by atoms with Crippen LogP contribution in [-0.4, -0.2) is 50.8 Å². The standard InChI is InChI=1S/C32H32N4O4S/c1-41-32-31-33-17-26(36(31)35-22-34-32)28-30(39-20-25-15-9-4-10-16-25)29(38-19-24-13-7-3-8-14-24)27(40-28)21-37-18-23-11-5-2-6-12-23/h2-17,22,27-30H,18-21H2,1H3. The number of nitrogens with zero attached hydrogens (tertiary/aromatic N) is 4. The maximum atomic E-state index is 6.72. The Hall–Kier alpha value is -3.60. The molecule has 41 heavy (non-hydrogen) atoms. The van der Waals surface area contributed by atoms with Crippen molar-refractivity contribution >= 4 is 17.4 Å². The third-order valence-electron chi connectivity index (χ3n) is 7.06. The Bertz CT molecular complexity index is 1520. The fourth-order valence-electron chi connectivity index (χ4n) is 5.04. The minimum atomic E-state index is -0.482. The van der Waals surface area contributed by atoms with Gasteiger partial charge in [-0.05, 0) is 22.9 Å². The molecule has 0 radical (unpaired) electrons. The van der Waals surface area contributed by atoms with Crippen molar-refractivity contribution in [2.24, 2.45) is 0 Å². The van der Waals surface area contributed by atoms with Gasteiger partial charge in [-0.15, -0.1) is 11.8 Å². The molecule has 4 unspecified atom stereocenters. The number of thioether (sulfide) groups is 1. The zero-order chi connectivity index (χ0) is 27.9. The van der Waals surface area contributed by atoms with E-state index in [4.69, 9.17) is 18.9 Å². The molecule has 0 amide bonds. The molecule has 4 atom stereocenters. The highest BCUT2D eigenvalue weighted by Crippen LogP contribution is 2.39. The summed E-state index contributed by atoms with van der Waals surface area (Å²) in [5.74, 6) is 0. The molecule has 9 heteroatoms. The van der Waals surface area contributed by atoms with Gasteiger partial charge in [-0.2, -0.15) is 5.10 Å². The number of ether oxygens (including phenoxy) is 4. The minimum absolute atomic E-state index is 0.345. The number of imidazole rings is 1. The van der Waals surface area contributed by atoms with Gasteiger partial charge in [0.15, 0.2) is 5.65 Å². The van der Waals surface area contributed by atoms with E-state index in [1.54, 1.807) is 17.0 Å². The van der Waals surface area contributed by atoms with Gasteiger partial charge in [0.05, 0.1) is 38.3 Å². The van der Waals surface area contributed by atoms with Crippen molar-refractivity contribution in [2.75, 3.05) is 12.9 Å². The van der Waals surface area contributed by atoms with Crippen molar-refractivity contribution in [1.82, 2.24) is 19.6 Å². The second-order valence-corrected chi connectivity index (χ2v) is 10.6. The second kappa shape index (κ2) is 13.4. The Kier molecular flexibility index (Phi) is 8.99. The highest BCUT2D eigenvalue weighted by molar-refractivity contribution is 7.98. The van der Waals surface area contributed by atoms with Crippen molar-refractivity contribution in [3.63, 3.8) is 0 Å². The molecule has 0 N–H and O–H groups in total. The van der Waals surface area contributed by atoms with Gasteiger partial charge in [-0.1, -0.05) is 91.0 Å². The van der Waals surface area contributed by atoms with Crippen LogP contribution in [0.3, 0.4) is 0 Å². The van der Waals surface area contributed by atoms with Crippen LogP contribution < -0.4 is 0 Å². The number of hydrogen-bond acceptors (Lipinski definition) is 8. The van der Waals surface area contributed by atoms with Crippen LogP contribution in [0.4, 0.5) is 0 Å². The predicted molar refractivity (Wildman–Crippen MR) is 156 cm³/mol. The summed E-state index contributed by atoms with van der Waals surface area (Å²) < 4.78 is 27.9. The van der Waals surface area contributed by atoms with Crippen molar-refractivity contribution in [2.45, 2.75) is 49.3 Å². The summed E-state index contributed by atoms with van der Waals surface area (Å²) in [5.41, 5.74) is 4.72. The van der Waals surface area contributed by atoms with Gasteiger partial charge in [-0.25, -0.2) is 14.5 Å². The van der Waals surface area contributed by atoms with E-state index in [2.05, 4.69) is 51.5 Å². The monoisotopic (exact) mass is 568 g/mol. The van der Waals surface area contributed by atoms with Crippen LogP contribution in [0.2, 0.25) is 0 Å². The maximum absolute atomic E-state index is 6.72. The molecule has 2 aromatic heterocycles. The van der Waals surface area contributed by atoms with Gasteiger partial charge in [0.25, 0.3) is 0 Å². The van der Waals surface area contributed by atoms with E-state index in [1.165, 1.54) is 11.8 Å². The van der Waals surface area contributed by atoms with E-state index in [-0.39, 0.29) is 6.10 Å². The molecule has 1 aliphatic rings. The summed E-state index contributed by atoms with van der Waals surface area (Å²) in [4.78, 5) is 9.02. The van der Waals surface area contributed by atoms with Gasteiger partial charge < -0.3 is 18.9 Å². The molecule has 0 spiro atoms. The van der Waals surface area contributed by atoms with E-state index in [9.17, 15) is 0 Å². The third kappa shape index (κ3) is 6.50. The smallest absolute Gasteiger partial charge is 0.186 e. The Morgan fingerprint density at radius 2 is 1.34 bits per heavy atom. The van der Waals surface area contributed by atoms with Crippen molar-refractivity contribution in [3.8, 4) is 0 Å². The molecule has 1 saturated heterocycles. The number of hydrogen-bond donors (Lipinski definition) is 0. The van der Waals surface area contributed by atoms with Crippen LogP contribution in [-0.2, 0) is 38.8 Å². The zero-order valence-electron chi connectivity index (χ0n) is 22.8. The van der Waals surface area contributed by atoms with Crippen LogP contribution >= 0.6 is 11.8 Å². The van der Waals surface area contributed by atoms with Gasteiger partial charge in [0.2, 0.25) is 0 Å². The molecular formula is C32H32N4O4S. The van der Waals surface area contributed by atoms with Gasteiger partial charge in [0, 0.05) is 0 Å². The average Bonchev–Trinajstić information content (AvgIpc) is 3.61. The van der Waals surface area contributed by atoms with E-state index in [1.807, 2.05) is 60.9 Å². The first-order valence-corrected chi connectivity index (χ1v) is 14.8. The maximum Gasteiger partial charge on any atom is 0.186 e. The van der Waals surface area contributed by atoms with Crippen LogP contribution in [0.25, 0.3) is 5.65 Å². The topological polar surface area (TPSA) is 80.0 Å². The first-order valence-electron chi connectivity index (χ1n) is 13.6. The molecular weight excluding hydrogens is 536 g/mol. The molecule has 0 bridgehead atoms. The third-order valence-corrected chi connectivity index (χ3v) is 7.73. The number of aromatic nitrogens is 4. The molecule has 1 fully saturated rings. The lowest BCUT2D eigenvalue weighted by Gasteiger charge is -2.25. The number of rotatable bonds is 12. The van der Waals surface area contributed by atoms with Crippen LogP contribution in [0, 0.1) is 0 Å².